The number of carbonyl (C=O) groups excluding carboxylic acids is 1. The fourth-order valence-corrected chi connectivity index (χ4v) is 2.52. The number of benzene rings is 1. The van der Waals surface area contributed by atoms with Crippen LogP contribution >= 0.6 is 0 Å². The molecule has 1 aromatic rings. The quantitative estimate of drug-likeness (QED) is 0.578. The SMILES string of the molecule is CCC(C)c1ccc(C(=O)OC2CCCC=C2C)cc1. The van der Waals surface area contributed by atoms with E-state index in [0.29, 0.717) is 11.5 Å². The maximum absolute atomic E-state index is 12.2. The van der Waals surface area contributed by atoms with E-state index >= 15 is 0 Å². The highest BCUT2D eigenvalue weighted by Gasteiger charge is 2.19. The molecule has 2 rings (SSSR count). The molecule has 1 aromatic carbocycles. The Bertz CT molecular complexity index is 485. The summed E-state index contributed by atoms with van der Waals surface area (Å²) in [5.41, 5.74) is 3.11. The fraction of sp³-hybridized carbons (Fsp3) is 0.500. The van der Waals surface area contributed by atoms with Crippen LogP contribution in [0.4, 0.5) is 0 Å². The maximum atomic E-state index is 12.2. The third-order valence-corrected chi connectivity index (χ3v) is 4.22. The van der Waals surface area contributed by atoms with Crippen molar-refractivity contribution in [2.75, 3.05) is 0 Å². The van der Waals surface area contributed by atoms with Crippen molar-refractivity contribution >= 4 is 5.97 Å². The van der Waals surface area contributed by atoms with E-state index in [-0.39, 0.29) is 12.1 Å². The molecule has 0 amide bonds. The topological polar surface area (TPSA) is 26.3 Å². The van der Waals surface area contributed by atoms with Crippen molar-refractivity contribution in [2.45, 2.75) is 58.5 Å². The van der Waals surface area contributed by atoms with Crippen LogP contribution in [-0.2, 0) is 4.74 Å². The van der Waals surface area contributed by atoms with Crippen LogP contribution < -0.4 is 0 Å². The Morgan fingerprint density at radius 2 is 2.05 bits per heavy atom. The Hall–Kier alpha value is -1.57. The van der Waals surface area contributed by atoms with E-state index in [1.54, 1.807) is 0 Å². The Morgan fingerprint density at radius 3 is 2.65 bits per heavy atom. The predicted octanol–water partition coefficient (Wildman–Crippen LogP) is 4.86. The van der Waals surface area contributed by atoms with Gasteiger partial charge in [-0.2, -0.15) is 0 Å². The highest BCUT2D eigenvalue weighted by molar-refractivity contribution is 5.89. The van der Waals surface area contributed by atoms with Crippen molar-refractivity contribution in [3.8, 4) is 0 Å². The summed E-state index contributed by atoms with van der Waals surface area (Å²) < 4.78 is 5.61. The molecular weight excluding hydrogens is 248 g/mol. The molecule has 0 heterocycles. The molecule has 108 valence electrons. The number of esters is 1. The van der Waals surface area contributed by atoms with Crippen LogP contribution in [-0.4, -0.2) is 12.1 Å². The predicted molar refractivity (Wildman–Crippen MR) is 82.0 cm³/mol. The third-order valence-electron chi connectivity index (χ3n) is 4.22. The summed E-state index contributed by atoms with van der Waals surface area (Å²) in [7, 11) is 0. The lowest BCUT2D eigenvalue weighted by Crippen LogP contribution is -2.21. The van der Waals surface area contributed by atoms with Crippen molar-refractivity contribution in [3.05, 3.63) is 47.0 Å². The minimum atomic E-state index is -0.208. The molecule has 0 aromatic heterocycles. The monoisotopic (exact) mass is 272 g/mol. The van der Waals surface area contributed by atoms with Gasteiger partial charge < -0.3 is 4.74 Å². The van der Waals surface area contributed by atoms with Crippen molar-refractivity contribution < 1.29 is 9.53 Å². The van der Waals surface area contributed by atoms with Gasteiger partial charge in [0, 0.05) is 0 Å². The van der Waals surface area contributed by atoms with Gasteiger partial charge in [0.15, 0.2) is 0 Å². The number of rotatable bonds is 4. The molecule has 0 radical (unpaired) electrons. The Balaban J connectivity index is 2.02. The number of allylic oxidation sites excluding steroid dienone is 1. The van der Waals surface area contributed by atoms with Gasteiger partial charge in [0.1, 0.15) is 6.10 Å². The maximum Gasteiger partial charge on any atom is 0.338 e. The van der Waals surface area contributed by atoms with E-state index in [1.807, 2.05) is 31.2 Å². The van der Waals surface area contributed by atoms with Crippen molar-refractivity contribution in [1.82, 2.24) is 0 Å². The van der Waals surface area contributed by atoms with Crippen LogP contribution in [0.3, 0.4) is 0 Å². The second-order valence-corrected chi connectivity index (χ2v) is 5.70. The van der Waals surface area contributed by atoms with Crippen molar-refractivity contribution in [2.24, 2.45) is 0 Å². The van der Waals surface area contributed by atoms with E-state index in [1.165, 1.54) is 11.1 Å². The molecule has 0 fully saturated rings. The van der Waals surface area contributed by atoms with Gasteiger partial charge in [0.05, 0.1) is 5.56 Å². The summed E-state index contributed by atoms with van der Waals surface area (Å²) in [5.74, 6) is 0.323. The fourth-order valence-electron chi connectivity index (χ4n) is 2.52. The average molecular weight is 272 g/mol. The van der Waals surface area contributed by atoms with Gasteiger partial charge in [-0.1, -0.05) is 32.1 Å². The second kappa shape index (κ2) is 6.74. The number of ether oxygens (including phenoxy) is 1. The minimum Gasteiger partial charge on any atom is -0.454 e. The van der Waals surface area contributed by atoms with Gasteiger partial charge in [-0.05, 0) is 61.8 Å². The molecule has 2 nitrogen and oxygen atoms in total. The first-order valence-electron chi connectivity index (χ1n) is 7.59. The van der Waals surface area contributed by atoms with E-state index in [2.05, 4.69) is 19.9 Å². The Kier molecular flexibility index (Phi) is 4.99. The largest absolute Gasteiger partial charge is 0.454 e. The van der Waals surface area contributed by atoms with E-state index in [9.17, 15) is 4.79 Å². The van der Waals surface area contributed by atoms with Crippen LogP contribution in [0.2, 0.25) is 0 Å². The highest BCUT2D eigenvalue weighted by atomic mass is 16.5. The molecule has 0 saturated heterocycles. The first kappa shape index (κ1) is 14.8. The normalized spacial score (nSPS) is 20.1. The summed E-state index contributed by atoms with van der Waals surface area (Å²) in [5, 5.41) is 0. The zero-order chi connectivity index (χ0) is 14.5. The second-order valence-electron chi connectivity index (χ2n) is 5.70. The lowest BCUT2D eigenvalue weighted by molar-refractivity contribution is 0.0346. The molecular formula is C18H24O2. The highest BCUT2D eigenvalue weighted by Crippen LogP contribution is 2.23. The number of hydrogen-bond acceptors (Lipinski definition) is 2. The van der Waals surface area contributed by atoms with Gasteiger partial charge in [-0.15, -0.1) is 0 Å². The summed E-state index contributed by atoms with van der Waals surface area (Å²) in [6.07, 6.45) is 6.39. The smallest absolute Gasteiger partial charge is 0.338 e. The zero-order valence-electron chi connectivity index (χ0n) is 12.7. The molecule has 1 aliphatic carbocycles. The molecule has 2 atom stereocenters. The van der Waals surface area contributed by atoms with E-state index in [0.717, 1.165) is 25.7 Å². The Morgan fingerprint density at radius 1 is 1.35 bits per heavy atom. The summed E-state index contributed by atoms with van der Waals surface area (Å²) in [4.78, 5) is 12.2. The van der Waals surface area contributed by atoms with E-state index < -0.39 is 0 Å². The van der Waals surface area contributed by atoms with Crippen LogP contribution in [0.1, 0.15) is 68.3 Å². The van der Waals surface area contributed by atoms with Gasteiger partial charge >= 0.3 is 5.97 Å². The third kappa shape index (κ3) is 3.50. The molecule has 1 aliphatic rings. The molecule has 2 heteroatoms. The van der Waals surface area contributed by atoms with Crippen LogP contribution in [0, 0.1) is 0 Å². The van der Waals surface area contributed by atoms with Crippen LogP contribution in [0.15, 0.2) is 35.9 Å². The lowest BCUT2D eigenvalue weighted by atomic mass is 9.97. The zero-order valence-corrected chi connectivity index (χ0v) is 12.7. The van der Waals surface area contributed by atoms with E-state index in [4.69, 9.17) is 4.74 Å². The molecule has 20 heavy (non-hydrogen) atoms. The first-order valence-corrected chi connectivity index (χ1v) is 7.59. The standard InChI is InChI=1S/C18H24O2/c1-4-13(2)15-9-11-16(12-10-15)18(19)20-17-8-6-5-7-14(17)3/h7,9-13,17H,4-6,8H2,1-3H3. The van der Waals surface area contributed by atoms with Gasteiger partial charge in [-0.3, -0.25) is 0 Å². The lowest BCUT2D eigenvalue weighted by Gasteiger charge is -2.22. The Labute approximate surface area is 121 Å². The number of hydrogen-bond donors (Lipinski definition) is 0. The molecule has 0 saturated carbocycles. The summed E-state index contributed by atoms with van der Waals surface area (Å²) >= 11 is 0. The molecule has 0 bridgehead atoms. The van der Waals surface area contributed by atoms with Gasteiger partial charge in [-0.25, -0.2) is 4.79 Å². The average Bonchev–Trinajstić information content (AvgIpc) is 2.49. The number of carbonyl (C=O) groups is 1. The van der Waals surface area contributed by atoms with Crippen LogP contribution in [0.5, 0.6) is 0 Å². The van der Waals surface area contributed by atoms with Gasteiger partial charge in [0.25, 0.3) is 0 Å². The molecule has 0 aliphatic heterocycles. The molecule has 0 N–H and O–H groups in total. The molecule has 0 spiro atoms. The minimum absolute atomic E-state index is 0.0366. The summed E-state index contributed by atoms with van der Waals surface area (Å²) in [6, 6.07) is 7.83. The van der Waals surface area contributed by atoms with Crippen molar-refractivity contribution in [3.63, 3.8) is 0 Å². The molecule has 2 unspecified atom stereocenters. The first-order chi connectivity index (χ1) is 9.61. The van der Waals surface area contributed by atoms with Crippen LogP contribution in [0.25, 0.3) is 0 Å². The van der Waals surface area contributed by atoms with Gasteiger partial charge in [0.2, 0.25) is 0 Å². The van der Waals surface area contributed by atoms with Crippen molar-refractivity contribution in [1.29, 1.82) is 0 Å². The summed E-state index contributed by atoms with van der Waals surface area (Å²) in [6.45, 7) is 6.41.